The summed E-state index contributed by atoms with van der Waals surface area (Å²) in [6, 6.07) is 14.7. The molecular weight excluding hydrogens is 256 g/mol. The van der Waals surface area contributed by atoms with E-state index < -0.39 is 0 Å². The summed E-state index contributed by atoms with van der Waals surface area (Å²) in [4.78, 5) is 0. The van der Waals surface area contributed by atoms with Gasteiger partial charge in [-0.3, -0.25) is 0 Å². The van der Waals surface area contributed by atoms with E-state index in [9.17, 15) is 5.26 Å². The van der Waals surface area contributed by atoms with Gasteiger partial charge < -0.3 is 5.73 Å². The molecule has 3 aromatic carbocycles. The summed E-state index contributed by atoms with van der Waals surface area (Å²) in [6.45, 7) is 6.52. The van der Waals surface area contributed by atoms with Crippen molar-refractivity contribution in [3.8, 4) is 6.07 Å². The van der Waals surface area contributed by atoms with E-state index in [-0.39, 0.29) is 0 Å². The van der Waals surface area contributed by atoms with Gasteiger partial charge in [0.2, 0.25) is 0 Å². The Morgan fingerprint density at radius 2 is 1.81 bits per heavy atom. The third-order valence-electron chi connectivity index (χ3n) is 4.12. The average Bonchev–Trinajstić information content (AvgIpc) is 2.59. The normalized spacial score (nSPS) is 11.2. The van der Waals surface area contributed by atoms with Gasteiger partial charge in [0.25, 0.3) is 0 Å². The molecule has 21 heavy (non-hydrogen) atoms. The van der Waals surface area contributed by atoms with Gasteiger partial charge in [-0.05, 0) is 57.6 Å². The number of nitriles is 1. The maximum Gasteiger partial charge on any atom is 0.101 e. The number of aryl methyl sites for hydroxylation is 1. The van der Waals surface area contributed by atoms with Crippen LogP contribution in [0.15, 0.2) is 36.4 Å². The van der Waals surface area contributed by atoms with Gasteiger partial charge in [0, 0.05) is 0 Å². The number of hydrogen-bond donors (Lipinski definition) is 1. The Kier molecular flexibility index (Phi) is 3.07. The first-order valence-corrected chi connectivity index (χ1v) is 7.18. The monoisotopic (exact) mass is 274 g/mol. The molecule has 0 amide bonds. The van der Waals surface area contributed by atoms with E-state index >= 15 is 0 Å². The first-order chi connectivity index (χ1) is 10.0. The van der Waals surface area contributed by atoms with Gasteiger partial charge in [-0.1, -0.05) is 38.1 Å². The number of hydrogen-bond acceptors (Lipinski definition) is 2. The lowest BCUT2D eigenvalue weighted by Crippen LogP contribution is -1.85. The fourth-order valence-corrected chi connectivity index (χ4v) is 2.90. The van der Waals surface area contributed by atoms with E-state index in [1.165, 1.54) is 21.9 Å². The second-order valence-electron chi connectivity index (χ2n) is 5.93. The third kappa shape index (κ3) is 2.11. The van der Waals surface area contributed by atoms with E-state index in [1.807, 2.05) is 12.1 Å². The zero-order valence-corrected chi connectivity index (χ0v) is 12.6. The highest BCUT2D eigenvalue weighted by Crippen LogP contribution is 2.34. The number of nitrogens with two attached hydrogens (primary N) is 1. The van der Waals surface area contributed by atoms with Crippen molar-refractivity contribution in [2.45, 2.75) is 26.7 Å². The minimum absolute atomic E-state index is 0.473. The van der Waals surface area contributed by atoms with Gasteiger partial charge in [-0.2, -0.15) is 5.26 Å². The molecule has 0 aliphatic carbocycles. The number of nitrogen functional groups attached to an aromatic ring is 1. The lowest BCUT2D eigenvalue weighted by Gasteiger charge is -2.01. The Bertz CT molecular complexity index is 899. The van der Waals surface area contributed by atoms with Gasteiger partial charge in [0.1, 0.15) is 6.07 Å². The second-order valence-corrected chi connectivity index (χ2v) is 5.93. The Morgan fingerprint density at radius 3 is 2.48 bits per heavy atom. The van der Waals surface area contributed by atoms with Crippen LogP contribution in [0.25, 0.3) is 21.5 Å². The summed E-state index contributed by atoms with van der Waals surface area (Å²) >= 11 is 0. The third-order valence-corrected chi connectivity index (χ3v) is 4.12. The van der Waals surface area contributed by atoms with E-state index in [0.29, 0.717) is 17.2 Å². The van der Waals surface area contributed by atoms with Crippen LogP contribution in [0.4, 0.5) is 5.69 Å². The SMILES string of the molecule is Cc1cc2cc(C#N)c(N)cc3ccc(C(C)C)cc1c32. The van der Waals surface area contributed by atoms with E-state index in [4.69, 9.17) is 5.73 Å². The quantitative estimate of drug-likeness (QED) is 0.687. The van der Waals surface area contributed by atoms with Crippen LogP contribution in [0.1, 0.15) is 36.5 Å². The molecule has 0 heterocycles. The summed E-state index contributed by atoms with van der Waals surface area (Å²) in [5, 5.41) is 13.8. The Labute approximate surface area is 124 Å². The number of nitrogens with zero attached hydrogens (tertiary/aromatic N) is 1. The molecule has 0 unspecified atom stereocenters. The molecule has 104 valence electrons. The van der Waals surface area contributed by atoms with Crippen LogP contribution >= 0.6 is 0 Å². The van der Waals surface area contributed by atoms with Crippen LogP contribution in [-0.2, 0) is 0 Å². The van der Waals surface area contributed by atoms with Crippen molar-refractivity contribution in [3.05, 3.63) is 53.1 Å². The molecular formula is C19H18N2. The van der Waals surface area contributed by atoms with E-state index in [0.717, 1.165) is 10.8 Å². The van der Waals surface area contributed by atoms with Gasteiger partial charge in [-0.15, -0.1) is 0 Å². The lowest BCUT2D eigenvalue weighted by atomic mass is 10.0. The molecule has 2 nitrogen and oxygen atoms in total. The fourth-order valence-electron chi connectivity index (χ4n) is 2.90. The van der Waals surface area contributed by atoms with Gasteiger partial charge in [0.05, 0.1) is 11.3 Å². The summed E-state index contributed by atoms with van der Waals surface area (Å²) in [5.41, 5.74) is 9.66. The summed E-state index contributed by atoms with van der Waals surface area (Å²) < 4.78 is 0. The Hall–Kier alpha value is -2.53. The fraction of sp³-hybridized carbons (Fsp3) is 0.211. The molecule has 0 saturated carbocycles. The highest BCUT2D eigenvalue weighted by Gasteiger charge is 2.10. The molecule has 0 aliphatic rings. The van der Waals surface area contributed by atoms with Crippen molar-refractivity contribution in [2.24, 2.45) is 0 Å². The van der Waals surface area contributed by atoms with Crippen molar-refractivity contribution in [1.29, 1.82) is 5.26 Å². The molecule has 0 radical (unpaired) electrons. The zero-order chi connectivity index (χ0) is 15.1. The molecule has 0 aliphatic heterocycles. The number of anilines is 1. The second kappa shape index (κ2) is 4.79. The van der Waals surface area contributed by atoms with E-state index in [2.05, 4.69) is 51.1 Å². The zero-order valence-electron chi connectivity index (χ0n) is 12.6. The van der Waals surface area contributed by atoms with Crippen LogP contribution < -0.4 is 5.73 Å². The van der Waals surface area contributed by atoms with Crippen LogP contribution in [0, 0.1) is 18.3 Å². The smallest absolute Gasteiger partial charge is 0.101 e. The van der Waals surface area contributed by atoms with Crippen LogP contribution in [0.5, 0.6) is 0 Å². The molecule has 0 aromatic heterocycles. The standard InChI is InChI=1S/C19H18N2/c1-11(2)13-4-5-14-9-18(21)16(10-20)7-15-6-12(3)17(8-13)19(14)15/h4-9,11H,21H2,1-3H3. The minimum Gasteiger partial charge on any atom is -0.398 e. The highest BCUT2D eigenvalue weighted by atomic mass is 14.6. The topological polar surface area (TPSA) is 49.8 Å². The molecule has 3 rings (SSSR count). The van der Waals surface area contributed by atoms with E-state index in [1.54, 1.807) is 0 Å². The number of rotatable bonds is 1. The summed E-state index contributed by atoms with van der Waals surface area (Å²) in [6.07, 6.45) is 0. The molecule has 0 atom stereocenters. The molecule has 0 bridgehead atoms. The molecule has 3 aromatic rings. The predicted molar refractivity (Wildman–Crippen MR) is 89.4 cm³/mol. The average molecular weight is 274 g/mol. The summed E-state index contributed by atoms with van der Waals surface area (Å²) in [7, 11) is 0. The first-order valence-electron chi connectivity index (χ1n) is 7.18. The molecule has 2 N–H and O–H groups in total. The minimum atomic E-state index is 0.473. The van der Waals surface area contributed by atoms with Crippen molar-refractivity contribution < 1.29 is 0 Å². The molecule has 2 heteroatoms. The van der Waals surface area contributed by atoms with Crippen LogP contribution in [0.2, 0.25) is 0 Å². The highest BCUT2D eigenvalue weighted by molar-refractivity contribution is 6.13. The largest absolute Gasteiger partial charge is 0.398 e. The van der Waals surface area contributed by atoms with Crippen molar-refractivity contribution in [2.75, 3.05) is 5.73 Å². The molecule has 0 fully saturated rings. The predicted octanol–water partition coefficient (Wildman–Crippen LogP) is 4.88. The summed E-state index contributed by atoms with van der Waals surface area (Å²) in [5.74, 6) is 0.473. The lowest BCUT2D eigenvalue weighted by molar-refractivity contribution is 0.869. The first kappa shape index (κ1) is 13.5. The Balaban J connectivity index is 2.58. The molecule has 0 spiro atoms. The molecule has 0 saturated heterocycles. The van der Waals surface area contributed by atoms with Gasteiger partial charge >= 0.3 is 0 Å². The van der Waals surface area contributed by atoms with Crippen molar-refractivity contribution in [3.63, 3.8) is 0 Å². The van der Waals surface area contributed by atoms with Crippen LogP contribution in [-0.4, -0.2) is 0 Å². The maximum absolute atomic E-state index is 9.25. The van der Waals surface area contributed by atoms with Crippen molar-refractivity contribution >= 4 is 27.2 Å². The Morgan fingerprint density at radius 1 is 1.05 bits per heavy atom. The van der Waals surface area contributed by atoms with Gasteiger partial charge in [-0.25, -0.2) is 0 Å². The maximum atomic E-state index is 9.25. The van der Waals surface area contributed by atoms with Gasteiger partial charge in [0.15, 0.2) is 0 Å². The van der Waals surface area contributed by atoms with Crippen LogP contribution in [0.3, 0.4) is 0 Å². The van der Waals surface area contributed by atoms with Crippen molar-refractivity contribution in [1.82, 2.24) is 0 Å².